The molecule has 1 atom stereocenters. The molecule has 100 valence electrons. The van der Waals surface area contributed by atoms with Gasteiger partial charge in [0.1, 0.15) is 0 Å². The summed E-state index contributed by atoms with van der Waals surface area (Å²) in [5.41, 5.74) is 0.970. The molecule has 1 aliphatic heterocycles. The predicted molar refractivity (Wildman–Crippen MR) is 70.1 cm³/mol. The Labute approximate surface area is 108 Å². The van der Waals surface area contributed by atoms with Gasteiger partial charge in [-0.1, -0.05) is 0 Å². The van der Waals surface area contributed by atoms with Gasteiger partial charge >= 0.3 is 0 Å². The highest BCUT2D eigenvalue weighted by atomic mass is 32.2. The van der Waals surface area contributed by atoms with Gasteiger partial charge in [0, 0.05) is 19.3 Å². The van der Waals surface area contributed by atoms with E-state index < -0.39 is 10.0 Å². The second-order valence-electron chi connectivity index (χ2n) is 4.52. The van der Waals surface area contributed by atoms with E-state index in [1.54, 1.807) is 12.1 Å². The van der Waals surface area contributed by atoms with Crippen molar-refractivity contribution >= 4 is 15.7 Å². The van der Waals surface area contributed by atoms with Crippen LogP contribution in [0.2, 0.25) is 0 Å². The largest absolute Gasteiger partial charge is 0.379 e. The van der Waals surface area contributed by atoms with E-state index >= 15 is 0 Å². The number of nitrogens with two attached hydrogens (primary N) is 1. The molecule has 1 fully saturated rings. The number of sulfonamides is 1. The lowest BCUT2D eigenvalue weighted by Gasteiger charge is -2.32. The molecule has 0 amide bonds. The predicted octanol–water partition coefficient (Wildman–Crippen LogP) is 0.949. The summed E-state index contributed by atoms with van der Waals surface area (Å²) in [6.45, 7) is 1.54. The average molecular weight is 270 g/mol. The van der Waals surface area contributed by atoms with Gasteiger partial charge in [0.25, 0.3) is 0 Å². The molecule has 2 rings (SSSR count). The third kappa shape index (κ3) is 3.01. The summed E-state index contributed by atoms with van der Waals surface area (Å²) < 4.78 is 27.8. The smallest absolute Gasteiger partial charge is 0.238 e. The van der Waals surface area contributed by atoms with Gasteiger partial charge in [-0.2, -0.15) is 0 Å². The fraction of sp³-hybridized carbons (Fsp3) is 0.500. The highest BCUT2D eigenvalue weighted by Gasteiger charge is 2.19. The van der Waals surface area contributed by atoms with Crippen LogP contribution in [-0.2, 0) is 14.8 Å². The number of anilines is 1. The molecule has 0 aliphatic carbocycles. The van der Waals surface area contributed by atoms with Gasteiger partial charge in [-0.25, -0.2) is 13.6 Å². The van der Waals surface area contributed by atoms with Crippen molar-refractivity contribution in [3.05, 3.63) is 24.3 Å². The summed E-state index contributed by atoms with van der Waals surface area (Å²) in [5.74, 6) is 0. The maximum atomic E-state index is 11.2. The molecule has 1 aliphatic rings. The van der Waals surface area contributed by atoms with E-state index in [1.165, 1.54) is 12.1 Å². The standard InChI is InChI=1S/C12H18N2O3S/c1-14(11-3-2-8-17-9-11)10-4-6-12(7-5-10)18(13,15)16/h4-7,11H,2-3,8-9H2,1H3,(H2,13,15,16). The highest BCUT2D eigenvalue weighted by Crippen LogP contribution is 2.21. The number of rotatable bonds is 3. The van der Waals surface area contributed by atoms with Crippen LogP contribution in [0.15, 0.2) is 29.2 Å². The normalized spacial score (nSPS) is 20.7. The van der Waals surface area contributed by atoms with E-state index in [1.807, 2.05) is 7.05 Å². The van der Waals surface area contributed by atoms with Crippen LogP contribution in [0.4, 0.5) is 5.69 Å². The number of hydrogen-bond acceptors (Lipinski definition) is 4. The Balaban J connectivity index is 2.13. The second-order valence-corrected chi connectivity index (χ2v) is 6.08. The van der Waals surface area contributed by atoms with Gasteiger partial charge in [-0.3, -0.25) is 0 Å². The fourth-order valence-corrected chi connectivity index (χ4v) is 2.63. The van der Waals surface area contributed by atoms with Gasteiger partial charge in [0.2, 0.25) is 10.0 Å². The summed E-state index contributed by atoms with van der Waals surface area (Å²) in [6, 6.07) is 6.96. The van der Waals surface area contributed by atoms with Crippen LogP contribution in [0, 0.1) is 0 Å². The number of primary sulfonamides is 1. The fourth-order valence-electron chi connectivity index (χ4n) is 2.11. The molecule has 0 radical (unpaired) electrons. The van der Waals surface area contributed by atoms with E-state index in [0.29, 0.717) is 12.6 Å². The number of ether oxygens (including phenoxy) is 1. The number of hydrogen-bond donors (Lipinski definition) is 1. The lowest BCUT2D eigenvalue weighted by molar-refractivity contribution is 0.0807. The average Bonchev–Trinajstić information content (AvgIpc) is 2.38. The minimum atomic E-state index is -3.61. The Morgan fingerprint density at radius 1 is 1.33 bits per heavy atom. The molecule has 2 N–H and O–H groups in total. The van der Waals surface area contributed by atoms with Crippen molar-refractivity contribution in [1.82, 2.24) is 0 Å². The van der Waals surface area contributed by atoms with Crippen LogP contribution in [0.1, 0.15) is 12.8 Å². The van der Waals surface area contributed by atoms with Crippen LogP contribution in [0.25, 0.3) is 0 Å². The molecule has 1 unspecified atom stereocenters. The first-order chi connectivity index (χ1) is 8.48. The van der Waals surface area contributed by atoms with Gasteiger partial charge in [-0.05, 0) is 37.1 Å². The highest BCUT2D eigenvalue weighted by molar-refractivity contribution is 7.89. The lowest BCUT2D eigenvalue weighted by Crippen LogP contribution is -2.38. The molecular formula is C12H18N2O3S. The Hall–Kier alpha value is -1.11. The van der Waals surface area contributed by atoms with Gasteiger partial charge in [0.15, 0.2) is 0 Å². The third-order valence-corrected chi connectivity index (χ3v) is 4.19. The molecule has 5 nitrogen and oxygen atoms in total. The molecule has 18 heavy (non-hydrogen) atoms. The molecule has 1 aromatic carbocycles. The summed E-state index contributed by atoms with van der Waals surface area (Å²) >= 11 is 0. The maximum absolute atomic E-state index is 11.2. The molecule has 0 saturated carbocycles. The first-order valence-electron chi connectivity index (χ1n) is 5.92. The zero-order chi connectivity index (χ0) is 13.2. The van der Waals surface area contributed by atoms with Crippen molar-refractivity contribution in [2.24, 2.45) is 5.14 Å². The van der Waals surface area contributed by atoms with E-state index in [9.17, 15) is 8.42 Å². The second kappa shape index (κ2) is 5.26. The Morgan fingerprint density at radius 2 is 2.00 bits per heavy atom. The van der Waals surface area contributed by atoms with Gasteiger partial charge < -0.3 is 9.64 Å². The van der Waals surface area contributed by atoms with Gasteiger partial charge in [0.05, 0.1) is 17.5 Å². The molecule has 0 aromatic heterocycles. The third-order valence-electron chi connectivity index (χ3n) is 3.26. The zero-order valence-corrected chi connectivity index (χ0v) is 11.2. The minimum absolute atomic E-state index is 0.138. The first kappa shape index (κ1) is 13.3. The maximum Gasteiger partial charge on any atom is 0.238 e. The first-order valence-corrected chi connectivity index (χ1v) is 7.46. The number of likely N-dealkylation sites (N-methyl/N-ethyl adjacent to an activating group) is 1. The van der Waals surface area contributed by atoms with Gasteiger partial charge in [-0.15, -0.1) is 0 Å². The van der Waals surface area contributed by atoms with E-state index in [4.69, 9.17) is 9.88 Å². The molecular weight excluding hydrogens is 252 g/mol. The van der Waals surface area contributed by atoms with Crippen LogP contribution in [0.3, 0.4) is 0 Å². The molecule has 0 spiro atoms. The minimum Gasteiger partial charge on any atom is -0.379 e. The zero-order valence-electron chi connectivity index (χ0n) is 10.4. The summed E-state index contributed by atoms with van der Waals surface area (Å²) in [7, 11) is -1.62. The topological polar surface area (TPSA) is 72.6 Å². The molecule has 6 heteroatoms. The van der Waals surface area contributed by atoms with Crippen molar-refractivity contribution < 1.29 is 13.2 Å². The summed E-state index contributed by atoms with van der Waals surface area (Å²) in [4.78, 5) is 2.26. The van der Waals surface area contributed by atoms with Crippen molar-refractivity contribution in [3.63, 3.8) is 0 Å². The SMILES string of the molecule is CN(c1ccc(S(N)(=O)=O)cc1)C1CCCOC1. The monoisotopic (exact) mass is 270 g/mol. The van der Waals surface area contributed by atoms with Crippen LogP contribution in [0.5, 0.6) is 0 Å². The van der Waals surface area contributed by atoms with Crippen LogP contribution in [-0.4, -0.2) is 34.7 Å². The Bertz CT molecular complexity index is 493. The Morgan fingerprint density at radius 3 is 2.50 bits per heavy atom. The molecule has 1 heterocycles. The van der Waals surface area contributed by atoms with E-state index in [0.717, 1.165) is 25.1 Å². The van der Waals surface area contributed by atoms with Crippen LogP contribution >= 0.6 is 0 Å². The number of nitrogens with zero attached hydrogens (tertiary/aromatic N) is 1. The molecule has 1 saturated heterocycles. The van der Waals surface area contributed by atoms with E-state index in [2.05, 4.69) is 4.90 Å². The lowest BCUT2D eigenvalue weighted by atomic mass is 10.1. The number of benzene rings is 1. The van der Waals surface area contributed by atoms with Crippen molar-refractivity contribution in [2.45, 2.75) is 23.8 Å². The quantitative estimate of drug-likeness (QED) is 0.887. The van der Waals surface area contributed by atoms with Crippen molar-refractivity contribution in [1.29, 1.82) is 0 Å². The van der Waals surface area contributed by atoms with E-state index in [-0.39, 0.29) is 4.90 Å². The summed E-state index contributed by atoms with van der Waals surface area (Å²) in [6.07, 6.45) is 2.15. The Kier molecular flexibility index (Phi) is 3.89. The molecule has 1 aromatic rings. The summed E-state index contributed by atoms with van der Waals surface area (Å²) in [5, 5.41) is 5.06. The van der Waals surface area contributed by atoms with Crippen molar-refractivity contribution in [2.75, 3.05) is 25.2 Å². The van der Waals surface area contributed by atoms with Crippen molar-refractivity contribution in [3.8, 4) is 0 Å². The molecule has 0 bridgehead atoms. The van der Waals surface area contributed by atoms with Crippen LogP contribution < -0.4 is 10.0 Å².